The van der Waals surface area contributed by atoms with Crippen LogP contribution in [0.3, 0.4) is 0 Å². The average Bonchev–Trinajstić information content (AvgIpc) is 2.89. The maximum atomic E-state index is 9.47. The van der Waals surface area contributed by atoms with E-state index in [0.29, 0.717) is 6.04 Å². The Morgan fingerprint density at radius 3 is 2.47 bits per heavy atom. The Bertz CT molecular complexity index is 331. The lowest BCUT2D eigenvalue weighted by molar-refractivity contribution is 0.233. The fourth-order valence-electron chi connectivity index (χ4n) is 2.47. The van der Waals surface area contributed by atoms with Gasteiger partial charge in [0.2, 0.25) is 0 Å². The highest BCUT2D eigenvalue weighted by atomic mass is 16.5. The quantitative estimate of drug-likeness (QED) is 0.822. The van der Waals surface area contributed by atoms with E-state index in [1.807, 2.05) is 24.3 Å². The van der Waals surface area contributed by atoms with Crippen molar-refractivity contribution in [2.24, 2.45) is 0 Å². The molecule has 1 aromatic rings. The first-order valence-corrected chi connectivity index (χ1v) is 6.34. The van der Waals surface area contributed by atoms with Gasteiger partial charge in [-0.3, -0.25) is 0 Å². The number of aliphatic hydroxyl groups is 1. The molecule has 94 valence electrons. The third-order valence-corrected chi connectivity index (χ3v) is 3.49. The highest BCUT2D eigenvalue weighted by Crippen LogP contribution is 2.23. The van der Waals surface area contributed by atoms with Crippen LogP contribution in [-0.2, 0) is 0 Å². The zero-order chi connectivity index (χ0) is 12.1. The molecule has 3 nitrogen and oxygen atoms in total. The number of aliphatic hydroxyl groups excluding tert-OH is 1. The van der Waals surface area contributed by atoms with Crippen molar-refractivity contribution in [3.05, 3.63) is 29.8 Å². The summed E-state index contributed by atoms with van der Waals surface area (Å²) in [6.45, 7) is 0.142. The van der Waals surface area contributed by atoms with Crippen LogP contribution in [0.4, 0.5) is 0 Å². The molecule has 0 saturated heterocycles. The minimum Gasteiger partial charge on any atom is -0.497 e. The number of nitrogens with one attached hydrogen (secondary N) is 1. The fraction of sp³-hybridized carbons (Fsp3) is 0.571. The summed E-state index contributed by atoms with van der Waals surface area (Å²) < 4.78 is 5.13. The van der Waals surface area contributed by atoms with Crippen molar-refractivity contribution in [3.8, 4) is 5.75 Å². The van der Waals surface area contributed by atoms with Crippen LogP contribution in [0.2, 0.25) is 0 Å². The Morgan fingerprint density at radius 2 is 1.94 bits per heavy atom. The summed E-state index contributed by atoms with van der Waals surface area (Å²) in [4.78, 5) is 0. The number of ether oxygens (including phenoxy) is 1. The number of hydrogen-bond donors (Lipinski definition) is 2. The summed E-state index contributed by atoms with van der Waals surface area (Å²) >= 11 is 0. The van der Waals surface area contributed by atoms with Gasteiger partial charge in [0.25, 0.3) is 0 Å². The fourth-order valence-corrected chi connectivity index (χ4v) is 2.47. The first-order chi connectivity index (χ1) is 8.33. The van der Waals surface area contributed by atoms with E-state index in [9.17, 15) is 5.11 Å². The number of methoxy groups -OCH3 is 1. The minimum atomic E-state index is 0.0454. The lowest BCUT2D eigenvalue weighted by Crippen LogP contribution is -2.32. The van der Waals surface area contributed by atoms with E-state index in [1.54, 1.807) is 7.11 Å². The summed E-state index contributed by atoms with van der Waals surface area (Å²) in [5.41, 5.74) is 1.13. The van der Waals surface area contributed by atoms with E-state index in [2.05, 4.69) is 5.32 Å². The van der Waals surface area contributed by atoms with Gasteiger partial charge in [-0.15, -0.1) is 0 Å². The van der Waals surface area contributed by atoms with Crippen LogP contribution < -0.4 is 10.1 Å². The highest BCUT2D eigenvalue weighted by Gasteiger charge is 2.19. The molecule has 1 aliphatic carbocycles. The first kappa shape index (κ1) is 12.4. The summed E-state index contributed by atoms with van der Waals surface area (Å²) in [6.07, 6.45) is 5.07. The number of rotatable bonds is 5. The van der Waals surface area contributed by atoms with E-state index < -0.39 is 0 Å². The second-order valence-corrected chi connectivity index (χ2v) is 4.66. The van der Waals surface area contributed by atoms with Crippen molar-refractivity contribution in [1.82, 2.24) is 5.32 Å². The van der Waals surface area contributed by atoms with Crippen molar-refractivity contribution in [1.29, 1.82) is 0 Å². The van der Waals surface area contributed by atoms with Crippen molar-refractivity contribution < 1.29 is 9.84 Å². The van der Waals surface area contributed by atoms with Gasteiger partial charge in [-0.1, -0.05) is 25.0 Å². The molecule has 1 unspecified atom stereocenters. The first-order valence-electron chi connectivity index (χ1n) is 6.34. The van der Waals surface area contributed by atoms with Crippen LogP contribution in [0.1, 0.15) is 37.3 Å². The third-order valence-electron chi connectivity index (χ3n) is 3.49. The van der Waals surface area contributed by atoms with Crippen molar-refractivity contribution >= 4 is 0 Å². The molecule has 0 bridgehead atoms. The molecule has 1 atom stereocenters. The molecule has 0 aliphatic heterocycles. The second-order valence-electron chi connectivity index (χ2n) is 4.66. The Kier molecular flexibility index (Phi) is 4.40. The van der Waals surface area contributed by atoms with Gasteiger partial charge < -0.3 is 15.2 Å². The lowest BCUT2D eigenvalue weighted by atomic mass is 10.1. The van der Waals surface area contributed by atoms with Crippen LogP contribution in [0.5, 0.6) is 5.75 Å². The van der Waals surface area contributed by atoms with Crippen LogP contribution in [0.15, 0.2) is 24.3 Å². The lowest BCUT2D eigenvalue weighted by Gasteiger charge is -2.21. The number of hydrogen-bond acceptors (Lipinski definition) is 3. The molecule has 0 radical (unpaired) electrons. The van der Waals surface area contributed by atoms with Crippen LogP contribution in [0, 0.1) is 0 Å². The van der Waals surface area contributed by atoms with Crippen molar-refractivity contribution in [3.63, 3.8) is 0 Å². The molecule has 3 heteroatoms. The second kappa shape index (κ2) is 6.03. The molecule has 2 N–H and O–H groups in total. The summed E-state index contributed by atoms with van der Waals surface area (Å²) in [7, 11) is 1.66. The number of benzene rings is 1. The predicted octanol–water partition coefficient (Wildman–Crippen LogP) is 2.26. The molecular formula is C14H21NO2. The Morgan fingerprint density at radius 1 is 1.29 bits per heavy atom. The van der Waals surface area contributed by atoms with Gasteiger partial charge in [-0.05, 0) is 30.5 Å². The van der Waals surface area contributed by atoms with Crippen LogP contribution >= 0.6 is 0 Å². The topological polar surface area (TPSA) is 41.5 Å². The summed E-state index contributed by atoms with van der Waals surface area (Å²) in [5.74, 6) is 0.853. The molecule has 1 saturated carbocycles. The van der Waals surface area contributed by atoms with E-state index in [0.717, 1.165) is 11.3 Å². The maximum Gasteiger partial charge on any atom is 0.118 e. The third kappa shape index (κ3) is 3.20. The van der Waals surface area contributed by atoms with Gasteiger partial charge in [0.15, 0.2) is 0 Å². The average molecular weight is 235 g/mol. The molecule has 0 spiro atoms. The Balaban J connectivity index is 2.00. The van der Waals surface area contributed by atoms with E-state index >= 15 is 0 Å². The smallest absolute Gasteiger partial charge is 0.118 e. The molecule has 0 heterocycles. The molecule has 2 rings (SSSR count). The predicted molar refractivity (Wildman–Crippen MR) is 68.2 cm³/mol. The molecule has 17 heavy (non-hydrogen) atoms. The maximum absolute atomic E-state index is 9.47. The van der Waals surface area contributed by atoms with E-state index in [-0.39, 0.29) is 12.6 Å². The Labute approximate surface area is 103 Å². The largest absolute Gasteiger partial charge is 0.497 e. The zero-order valence-electron chi connectivity index (χ0n) is 10.4. The minimum absolute atomic E-state index is 0.0454. The molecule has 0 amide bonds. The molecule has 1 aromatic carbocycles. The summed E-state index contributed by atoms with van der Waals surface area (Å²) in [5, 5.41) is 13.0. The summed E-state index contributed by atoms with van der Waals surface area (Å²) in [6, 6.07) is 8.52. The van der Waals surface area contributed by atoms with Gasteiger partial charge in [0.05, 0.1) is 19.8 Å². The van der Waals surface area contributed by atoms with Gasteiger partial charge >= 0.3 is 0 Å². The van der Waals surface area contributed by atoms with Gasteiger partial charge in [-0.2, -0.15) is 0 Å². The molecule has 0 aromatic heterocycles. The normalized spacial score (nSPS) is 18.2. The Hall–Kier alpha value is -1.06. The van der Waals surface area contributed by atoms with Crippen LogP contribution in [0.25, 0.3) is 0 Å². The van der Waals surface area contributed by atoms with Crippen LogP contribution in [-0.4, -0.2) is 24.9 Å². The van der Waals surface area contributed by atoms with E-state index in [1.165, 1.54) is 25.7 Å². The van der Waals surface area contributed by atoms with E-state index in [4.69, 9.17) is 4.74 Å². The van der Waals surface area contributed by atoms with Gasteiger partial charge in [-0.25, -0.2) is 0 Å². The highest BCUT2D eigenvalue weighted by molar-refractivity contribution is 5.29. The van der Waals surface area contributed by atoms with Gasteiger partial charge in [0, 0.05) is 6.04 Å². The van der Waals surface area contributed by atoms with Crippen molar-refractivity contribution in [2.75, 3.05) is 13.7 Å². The molecule has 1 fully saturated rings. The monoisotopic (exact) mass is 235 g/mol. The van der Waals surface area contributed by atoms with Gasteiger partial charge in [0.1, 0.15) is 5.75 Å². The molecular weight excluding hydrogens is 214 g/mol. The molecule has 1 aliphatic rings. The van der Waals surface area contributed by atoms with Crippen molar-refractivity contribution in [2.45, 2.75) is 37.8 Å². The zero-order valence-corrected chi connectivity index (χ0v) is 10.4. The standard InChI is InChI=1S/C14H21NO2/c1-17-13-8-6-11(7-9-13)14(10-16)15-12-4-2-3-5-12/h6-9,12,14-16H,2-5,10H2,1H3. The SMILES string of the molecule is COc1ccc(C(CO)NC2CCCC2)cc1.